The van der Waals surface area contributed by atoms with Crippen molar-refractivity contribution in [1.82, 2.24) is 4.90 Å². The predicted octanol–water partition coefficient (Wildman–Crippen LogP) is 5.38. The van der Waals surface area contributed by atoms with E-state index in [0.717, 1.165) is 21.2 Å². The molecule has 0 aliphatic heterocycles. The molecule has 3 heteroatoms. The third kappa shape index (κ3) is 3.58. The fourth-order valence-electron chi connectivity index (χ4n) is 2.78. The maximum absolute atomic E-state index is 13.0. The van der Waals surface area contributed by atoms with Gasteiger partial charge in [0, 0.05) is 22.1 Å². The molecular weight excluding hydrogens is 338 g/mol. The van der Waals surface area contributed by atoms with E-state index in [4.69, 9.17) is 0 Å². The molecule has 1 amide bonds. The fraction of sp³-hybridized carbons (Fsp3) is 0.316. The molecule has 2 aromatic carbocycles. The quantitative estimate of drug-likeness (QED) is 0.717. The van der Waals surface area contributed by atoms with Crippen molar-refractivity contribution < 1.29 is 4.79 Å². The van der Waals surface area contributed by atoms with E-state index < -0.39 is 0 Å². The van der Waals surface area contributed by atoms with Gasteiger partial charge in [-0.25, -0.2) is 0 Å². The Morgan fingerprint density at radius 3 is 2.18 bits per heavy atom. The molecule has 0 unspecified atom stereocenters. The Balaban J connectivity index is 2.51. The monoisotopic (exact) mass is 359 g/mol. The van der Waals surface area contributed by atoms with Crippen molar-refractivity contribution in [2.75, 3.05) is 0 Å². The van der Waals surface area contributed by atoms with Crippen LogP contribution in [0.15, 0.2) is 53.0 Å². The third-order valence-corrected chi connectivity index (χ3v) is 4.13. The molecule has 0 atom stereocenters. The first-order valence-electron chi connectivity index (χ1n) is 7.59. The summed E-state index contributed by atoms with van der Waals surface area (Å²) >= 11 is 3.50. The van der Waals surface area contributed by atoms with E-state index in [9.17, 15) is 4.79 Å². The van der Waals surface area contributed by atoms with E-state index in [0.29, 0.717) is 0 Å². The zero-order chi connectivity index (χ0) is 16.3. The van der Waals surface area contributed by atoms with Gasteiger partial charge in [-0.2, -0.15) is 0 Å². The second kappa shape index (κ2) is 7.10. The van der Waals surface area contributed by atoms with Crippen LogP contribution in [0.4, 0.5) is 0 Å². The van der Waals surface area contributed by atoms with Crippen LogP contribution in [-0.2, 0) is 0 Å². The SMILES string of the molecule is CC(C)N(C(=O)c1ccccc1-c1cccc(Br)c1)C(C)C. The Morgan fingerprint density at radius 1 is 0.955 bits per heavy atom. The minimum Gasteiger partial charge on any atom is -0.334 e. The normalized spacial score (nSPS) is 11.0. The highest BCUT2D eigenvalue weighted by Gasteiger charge is 2.23. The summed E-state index contributed by atoms with van der Waals surface area (Å²) in [6.07, 6.45) is 0. The molecule has 116 valence electrons. The molecule has 0 fully saturated rings. The van der Waals surface area contributed by atoms with E-state index in [1.165, 1.54) is 0 Å². The summed E-state index contributed by atoms with van der Waals surface area (Å²) in [6.45, 7) is 8.22. The summed E-state index contributed by atoms with van der Waals surface area (Å²) in [5.41, 5.74) is 2.77. The zero-order valence-electron chi connectivity index (χ0n) is 13.5. The molecule has 0 N–H and O–H groups in total. The number of benzene rings is 2. The fourth-order valence-corrected chi connectivity index (χ4v) is 3.18. The van der Waals surface area contributed by atoms with Crippen LogP contribution in [0, 0.1) is 0 Å². The maximum atomic E-state index is 13.0. The average molecular weight is 360 g/mol. The van der Waals surface area contributed by atoms with Crippen LogP contribution < -0.4 is 0 Å². The van der Waals surface area contributed by atoms with Crippen molar-refractivity contribution in [3.8, 4) is 11.1 Å². The van der Waals surface area contributed by atoms with Crippen LogP contribution >= 0.6 is 15.9 Å². The number of nitrogens with zero attached hydrogens (tertiary/aromatic N) is 1. The van der Waals surface area contributed by atoms with Crippen molar-refractivity contribution in [3.63, 3.8) is 0 Å². The molecule has 0 saturated carbocycles. The molecular formula is C19H22BrNO. The Bertz CT molecular complexity index is 656. The molecule has 0 heterocycles. The van der Waals surface area contributed by atoms with Gasteiger partial charge in [0.15, 0.2) is 0 Å². The van der Waals surface area contributed by atoms with Crippen molar-refractivity contribution in [1.29, 1.82) is 0 Å². The lowest BCUT2D eigenvalue weighted by molar-refractivity contribution is 0.0644. The van der Waals surface area contributed by atoms with E-state index >= 15 is 0 Å². The Labute approximate surface area is 141 Å². The largest absolute Gasteiger partial charge is 0.334 e. The van der Waals surface area contributed by atoms with Gasteiger partial charge in [0.1, 0.15) is 0 Å². The molecule has 2 rings (SSSR count). The lowest BCUT2D eigenvalue weighted by Gasteiger charge is -2.31. The second-order valence-corrected chi connectivity index (χ2v) is 6.87. The highest BCUT2D eigenvalue weighted by atomic mass is 79.9. The summed E-state index contributed by atoms with van der Waals surface area (Å²) in [7, 11) is 0. The summed E-state index contributed by atoms with van der Waals surface area (Å²) < 4.78 is 1.01. The Morgan fingerprint density at radius 2 is 1.59 bits per heavy atom. The third-order valence-electron chi connectivity index (χ3n) is 3.64. The van der Waals surface area contributed by atoms with Gasteiger partial charge in [0.25, 0.3) is 5.91 Å². The van der Waals surface area contributed by atoms with Crippen molar-refractivity contribution in [2.24, 2.45) is 0 Å². The first-order valence-corrected chi connectivity index (χ1v) is 8.38. The standard InChI is InChI=1S/C19H22BrNO/c1-13(2)21(14(3)4)19(22)18-11-6-5-10-17(18)15-8-7-9-16(20)12-15/h5-14H,1-4H3. The maximum Gasteiger partial charge on any atom is 0.254 e. The number of halogens is 1. The lowest BCUT2D eigenvalue weighted by atomic mass is 9.98. The molecule has 2 nitrogen and oxygen atoms in total. The Kier molecular flexibility index (Phi) is 5.41. The molecule has 0 aliphatic rings. The molecule has 0 spiro atoms. The topological polar surface area (TPSA) is 20.3 Å². The number of amides is 1. The average Bonchev–Trinajstić information content (AvgIpc) is 2.46. The molecule has 0 bridgehead atoms. The van der Waals surface area contributed by atoms with Crippen molar-refractivity contribution in [3.05, 3.63) is 58.6 Å². The number of carbonyl (C=O) groups excluding carboxylic acids is 1. The van der Waals surface area contributed by atoms with Gasteiger partial charge in [-0.15, -0.1) is 0 Å². The van der Waals surface area contributed by atoms with Crippen LogP contribution in [0.1, 0.15) is 38.1 Å². The summed E-state index contributed by atoms with van der Waals surface area (Å²) in [6, 6.07) is 16.2. The number of hydrogen-bond acceptors (Lipinski definition) is 1. The van der Waals surface area contributed by atoms with E-state index in [2.05, 4.69) is 43.6 Å². The molecule has 22 heavy (non-hydrogen) atoms. The van der Waals surface area contributed by atoms with Gasteiger partial charge < -0.3 is 4.90 Å². The van der Waals surface area contributed by atoms with Gasteiger partial charge >= 0.3 is 0 Å². The summed E-state index contributed by atoms with van der Waals surface area (Å²) in [5.74, 6) is 0.0839. The predicted molar refractivity (Wildman–Crippen MR) is 96.0 cm³/mol. The van der Waals surface area contributed by atoms with Crippen LogP contribution in [0.3, 0.4) is 0 Å². The van der Waals surface area contributed by atoms with Crippen molar-refractivity contribution in [2.45, 2.75) is 39.8 Å². The van der Waals surface area contributed by atoms with E-state index in [1.54, 1.807) is 0 Å². The highest BCUT2D eigenvalue weighted by molar-refractivity contribution is 9.10. The Hall–Kier alpha value is -1.61. The van der Waals surface area contributed by atoms with Gasteiger partial charge in [0.2, 0.25) is 0 Å². The summed E-state index contributed by atoms with van der Waals surface area (Å²) in [5, 5.41) is 0. The first kappa shape index (κ1) is 16.8. The highest BCUT2D eigenvalue weighted by Crippen LogP contribution is 2.28. The van der Waals surface area contributed by atoms with Crippen LogP contribution in [0.5, 0.6) is 0 Å². The summed E-state index contributed by atoms with van der Waals surface area (Å²) in [4.78, 5) is 14.9. The van der Waals surface area contributed by atoms with Crippen LogP contribution in [-0.4, -0.2) is 22.9 Å². The smallest absolute Gasteiger partial charge is 0.254 e. The molecule has 0 aromatic heterocycles. The van der Waals surface area contributed by atoms with Gasteiger partial charge in [-0.1, -0.05) is 46.3 Å². The van der Waals surface area contributed by atoms with Crippen LogP contribution in [0.2, 0.25) is 0 Å². The number of hydrogen-bond donors (Lipinski definition) is 0. The van der Waals surface area contributed by atoms with Gasteiger partial charge in [-0.05, 0) is 57.0 Å². The first-order chi connectivity index (χ1) is 10.4. The van der Waals surface area contributed by atoms with Gasteiger partial charge in [0.05, 0.1) is 0 Å². The minimum atomic E-state index is 0.0839. The van der Waals surface area contributed by atoms with E-state index in [1.807, 2.05) is 53.4 Å². The minimum absolute atomic E-state index is 0.0839. The molecule has 0 aliphatic carbocycles. The van der Waals surface area contributed by atoms with Crippen molar-refractivity contribution >= 4 is 21.8 Å². The second-order valence-electron chi connectivity index (χ2n) is 5.96. The van der Waals surface area contributed by atoms with Gasteiger partial charge in [-0.3, -0.25) is 4.79 Å². The lowest BCUT2D eigenvalue weighted by Crippen LogP contribution is -2.42. The number of rotatable bonds is 4. The van der Waals surface area contributed by atoms with Crippen LogP contribution in [0.25, 0.3) is 11.1 Å². The zero-order valence-corrected chi connectivity index (χ0v) is 15.1. The number of carbonyl (C=O) groups is 1. The molecule has 2 aromatic rings. The molecule has 0 radical (unpaired) electrons. The van der Waals surface area contributed by atoms with E-state index in [-0.39, 0.29) is 18.0 Å². The molecule has 0 saturated heterocycles.